The fourth-order valence-electron chi connectivity index (χ4n) is 4.69. The lowest BCUT2D eigenvalue weighted by molar-refractivity contribution is -0.150. The molecule has 3 aromatic rings. The Morgan fingerprint density at radius 2 is 2.00 bits per heavy atom. The van der Waals surface area contributed by atoms with E-state index in [-0.39, 0.29) is 44.9 Å². The van der Waals surface area contributed by atoms with Crippen LogP contribution in [0.25, 0.3) is 0 Å². The molecule has 19 heteroatoms. The number of aromatic amines is 1. The molecule has 5 rings (SSSR count). The monoisotopic (exact) mass is 657 g/mol. The van der Waals surface area contributed by atoms with Gasteiger partial charge in [-0.1, -0.05) is 17.8 Å². The number of carbonyl (C=O) groups is 5. The number of nitrogens with zero attached hydrogens (tertiary/aromatic N) is 4. The number of carbonyl (C=O) groups excluding carboxylic acids is 4. The molecular weight excluding hydrogens is 634 g/mol. The van der Waals surface area contributed by atoms with Gasteiger partial charge in [0.25, 0.3) is 11.8 Å². The molecule has 2 aliphatic rings. The van der Waals surface area contributed by atoms with Gasteiger partial charge in [-0.15, -0.1) is 16.9 Å². The zero-order valence-corrected chi connectivity index (χ0v) is 24.7. The number of amides is 5. The molecule has 0 radical (unpaired) electrons. The smallest absolute Gasteiger partial charge is 0.352 e. The first kappa shape index (κ1) is 31.1. The summed E-state index contributed by atoms with van der Waals surface area (Å²) in [5, 5.41) is 27.9. The molecule has 5 amide bonds. The molecule has 17 nitrogen and oxygen atoms in total. The number of nitrogens with one attached hydrogen (secondary N) is 2. The highest BCUT2D eigenvalue weighted by Crippen LogP contribution is 2.41. The van der Waals surface area contributed by atoms with Crippen LogP contribution in [0, 0.1) is 0 Å². The summed E-state index contributed by atoms with van der Waals surface area (Å²) in [6, 6.07) is 2.68. The van der Waals surface area contributed by atoms with Crippen LogP contribution in [0.5, 0.6) is 5.75 Å². The van der Waals surface area contributed by atoms with Gasteiger partial charge in [0.15, 0.2) is 5.16 Å². The summed E-state index contributed by atoms with van der Waals surface area (Å²) < 4.78 is 5.92. The first-order valence-corrected chi connectivity index (χ1v) is 14.9. The number of urea groups is 1. The van der Waals surface area contributed by atoms with Crippen molar-refractivity contribution in [2.45, 2.75) is 23.0 Å². The molecule has 0 spiro atoms. The SMILES string of the molecule is Cn1c(SCC2=C(C(=O)O)N3C(=O)C(NC(=O)Cc4ccc(O)cc4N(C(N)=O)C(=O)c4ccoc4)C3SC2)n[nH]c(=O)c1=O. The minimum atomic E-state index is -1.36. The molecule has 234 valence electrons. The maximum absolute atomic E-state index is 13.1. The Morgan fingerprint density at radius 3 is 2.67 bits per heavy atom. The number of H-pyrrole nitrogens is 1. The van der Waals surface area contributed by atoms with Crippen molar-refractivity contribution in [3.05, 3.63) is 79.9 Å². The second-order valence-electron chi connectivity index (χ2n) is 9.68. The molecule has 2 atom stereocenters. The van der Waals surface area contributed by atoms with E-state index in [9.17, 15) is 43.8 Å². The topological polar surface area (TPSA) is 251 Å². The van der Waals surface area contributed by atoms with Crippen LogP contribution in [0.4, 0.5) is 10.5 Å². The first-order valence-electron chi connectivity index (χ1n) is 12.8. The highest BCUT2D eigenvalue weighted by molar-refractivity contribution is 8.01. The second kappa shape index (κ2) is 12.4. The Labute approximate surface area is 260 Å². The van der Waals surface area contributed by atoms with Crippen molar-refractivity contribution >= 4 is 58.9 Å². The highest BCUT2D eigenvalue weighted by atomic mass is 32.2. The van der Waals surface area contributed by atoms with Gasteiger partial charge in [0, 0.05) is 24.6 Å². The number of aromatic hydroxyl groups is 1. The van der Waals surface area contributed by atoms with Crippen LogP contribution in [0.15, 0.2) is 67.2 Å². The summed E-state index contributed by atoms with van der Waals surface area (Å²) in [6.07, 6.45) is 1.87. The number of hydrogen-bond acceptors (Lipinski definition) is 12. The number of rotatable bonds is 9. The summed E-state index contributed by atoms with van der Waals surface area (Å²) in [5.74, 6) is -3.68. The van der Waals surface area contributed by atoms with Crippen molar-refractivity contribution in [2.24, 2.45) is 12.8 Å². The number of thioether (sulfide) groups is 2. The van der Waals surface area contributed by atoms with Gasteiger partial charge >= 0.3 is 23.1 Å². The van der Waals surface area contributed by atoms with Crippen molar-refractivity contribution in [1.29, 1.82) is 0 Å². The average molecular weight is 658 g/mol. The van der Waals surface area contributed by atoms with E-state index >= 15 is 0 Å². The van der Waals surface area contributed by atoms with Crippen LogP contribution < -0.4 is 27.1 Å². The predicted octanol–water partition coefficient (Wildman–Crippen LogP) is -0.434. The number of phenols is 1. The van der Waals surface area contributed by atoms with Gasteiger partial charge in [0.2, 0.25) is 5.91 Å². The number of benzene rings is 1. The van der Waals surface area contributed by atoms with E-state index in [0.717, 1.165) is 33.6 Å². The molecule has 0 saturated carbocycles. The number of aliphatic carboxylic acids is 1. The molecule has 0 aliphatic carbocycles. The number of anilines is 1. The Morgan fingerprint density at radius 1 is 1.24 bits per heavy atom. The zero-order chi connectivity index (χ0) is 32.6. The number of fused-ring (bicyclic) bond motifs is 1. The van der Waals surface area contributed by atoms with E-state index in [1.54, 1.807) is 0 Å². The van der Waals surface area contributed by atoms with Crippen molar-refractivity contribution in [1.82, 2.24) is 25.0 Å². The summed E-state index contributed by atoms with van der Waals surface area (Å²) in [7, 11) is 1.35. The number of aromatic nitrogens is 3. The van der Waals surface area contributed by atoms with E-state index < -0.39 is 58.7 Å². The number of hydrogen-bond donors (Lipinski definition) is 5. The number of β-lactam (4-membered cyclic amide) rings is 1. The van der Waals surface area contributed by atoms with E-state index in [1.807, 2.05) is 0 Å². The molecule has 6 N–H and O–H groups in total. The van der Waals surface area contributed by atoms with E-state index in [1.165, 1.54) is 43.3 Å². The second-order valence-corrected chi connectivity index (χ2v) is 11.7. The van der Waals surface area contributed by atoms with Gasteiger partial charge in [-0.05, 0) is 23.3 Å². The van der Waals surface area contributed by atoms with Crippen LogP contribution in [-0.4, -0.2) is 82.5 Å². The fourth-order valence-corrected chi connectivity index (χ4v) is 7.09. The van der Waals surface area contributed by atoms with Gasteiger partial charge < -0.3 is 25.7 Å². The summed E-state index contributed by atoms with van der Waals surface area (Å²) in [5.41, 5.74) is 3.79. The van der Waals surface area contributed by atoms with Crippen molar-refractivity contribution in [3.8, 4) is 5.75 Å². The van der Waals surface area contributed by atoms with Gasteiger partial charge in [0.05, 0.1) is 23.9 Å². The Hall–Kier alpha value is -5.30. The Balaban J connectivity index is 1.31. The standard InChI is InChI=1S/C26H23N7O10S2/c1-31-22(39)19(36)29-30-26(31)45-10-13-9-44-23-17(21(38)33(23)18(13)24(40)41)28-16(35)6-11-2-3-14(34)7-15(11)32(25(27)42)20(37)12-4-5-43-8-12/h2-5,7-8,17,23,34H,6,9-10H2,1H3,(H2,27,42)(H,28,35)(H,29,36)(H,40,41). The highest BCUT2D eigenvalue weighted by Gasteiger charge is 2.54. The maximum atomic E-state index is 13.1. The summed E-state index contributed by atoms with van der Waals surface area (Å²) in [6.45, 7) is 0. The molecule has 1 aromatic carbocycles. The maximum Gasteiger partial charge on any atom is 0.352 e. The van der Waals surface area contributed by atoms with Gasteiger partial charge in [0.1, 0.15) is 29.1 Å². The summed E-state index contributed by atoms with van der Waals surface area (Å²) in [4.78, 5) is 88.7. The molecule has 2 unspecified atom stereocenters. The van der Waals surface area contributed by atoms with Crippen molar-refractivity contribution in [2.75, 3.05) is 16.4 Å². The van der Waals surface area contributed by atoms with Crippen LogP contribution in [0.2, 0.25) is 0 Å². The van der Waals surface area contributed by atoms with Crippen LogP contribution in [0.1, 0.15) is 15.9 Å². The van der Waals surface area contributed by atoms with Crippen molar-refractivity contribution < 1.29 is 38.6 Å². The number of carboxylic acid groups (broad SMARTS) is 1. The Bertz CT molecular complexity index is 1880. The molecule has 2 aromatic heterocycles. The third kappa shape index (κ3) is 5.94. The molecule has 0 bridgehead atoms. The quantitative estimate of drug-likeness (QED) is 0.111. The number of primary amides is 1. The molecule has 1 saturated heterocycles. The molecule has 1 fully saturated rings. The lowest BCUT2D eigenvalue weighted by Crippen LogP contribution is -2.70. The minimum Gasteiger partial charge on any atom is -0.508 e. The summed E-state index contributed by atoms with van der Waals surface area (Å²) >= 11 is 2.22. The van der Waals surface area contributed by atoms with Gasteiger partial charge in [-0.2, -0.15) is 0 Å². The fraction of sp³-hybridized carbons (Fsp3) is 0.231. The zero-order valence-electron chi connectivity index (χ0n) is 23.1. The average Bonchev–Trinajstić information content (AvgIpc) is 3.54. The normalized spacial score (nSPS) is 17.4. The molecule has 2 aliphatic heterocycles. The minimum absolute atomic E-state index is 0.0129. The lowest BCUT2D eigenvalue weighted by atomic mass is 10.0. The number of carboxylic acids is 1. The predicted molar refractivity (Wildman–Crippen MR) is 157 cm³/mol. The van der Waals surface area contributed by atoms with Gasteiger partial charge in [-0.25, -0.2) is 19.6 Å². The largest absolute Gasteiger partial charge is 0.508 e. The Kier molecular flexibility index (Phi) is 8.55. The third-order valence-electron chi connectivity index (χ3n) is 6.83. The lowest BCUT2D eigenvalue weighted by Gasteiger charge is -2.49. The number of nitrogens with two attached hydrogens (primary N) is 1. The number of phenolic OH excluding ortho intramolecular Hbond substituents is 1. The van der Waals surface area contributed by atoms with Crippen molar-refractivity contribution in [3.63, 3.8) is 0 Å². The van der Waals surface area contributed by atoms with Crippen LogP contribution in [-0.2, 0) is 27.9 Å². The first-order chi connectivity index (χ1) is 21.4. The number of imide groups is 1. The van der Waals surface area contributed by atoms with Gasteiger partial charge in [-0.3, -0.25) is 33.4 Å². The van der Waals surface area contributed by atoms with E-state index in [0.29, 0.717) is 10.5 Å². The van der Waals surface area contributed by atoms with Crippen LogP contribution >= 0.6 is 23.5 Å². The van der Waals surface area contributed by atoms with Crippen LogP contribution in [0.3, 0.4) is 0 Å². The molecule has 45 heavy (non-hydrogen) atoms. The molecular formula is C26H23N7O10S2. The van der Waals surface area contributed by atoms with E-state index in [2.05, 4.69) is 15.5 Å². The molecule has 4 heterocycles. The number of furan rings is 1. The third-order valence-corrected chi connectivity index (χ3v) is 9.29. The van der Waals surface area contributed by atoms with E-state index in [4.69, 9.17) is 10.2 Å².